The lowest BCUT2D eigenvalue weighted by atomic mass is 10.2. The Morgan fingerprint density at radius 2 is 2.19 bits per heavy atom. The summed E-state index contributed by atoms with van der Waals surface area (Å²) in [5.41, 5.74) is -0.171. The topological polar surface area (TPSA) is 80.1 Å². The van der Waals surface area contributed by atoms with E-state index >= 15 is 0 Å². The third-order valence-corrected chi connectivity index (χ3v) is 2.58. The molecule has 2 rings (SSSR count). The van der Waals surface area contributed by atoms with E-state index in [4.69, 9.17) is 14.7 Å². The van der Waals surface area contributed by atoms with Crippen molar-refractivity contribution in [3.05, 3.63) is 41.5 Å². The summed E-state index contributed by atoms with van der Waals surface area (Å²) in [5.74, 6) is 0.594. The molecule has 108 valence electrons. The maximum atomic E-state index is 13.5. The Bertz CT molecular complexity index is 685. The summed E-state index contributed by atoms with van der Waals surface area (Å²) in [6.45, 7) is 0.208. The lowest BCUT2D eigenvalue weighted by Crippen LogP contribution is -2.03. The zero-order valence-corrected chi connectivity index (χ0v) is 11.6. The number of methoxy groups -OCH3 is 1. The molecule has 0 spiro atoms. The molecular weight excluding hydrogens is 275 g/mol. The fraction of sp³-hybridized carbons (Fsp3) is 0.214. The van der Waals surface area contributed by atoms with E-state index in [2.05, 4.69) is 15.3 Å². The van der Waals surface area contributed by atoms with Crippen LogP contribution in [0.5, 0.6) is 11.6 Å². The molecule has 21 heavy (non-hydrogen) atoms. The molecule has 0 radical (unpaired) electrons. The molecule has 7 heteroatoms. The van der Waals surface area contributed by atoms with Crippen LogP contribution in [0.15, 0.2) is 24.3 Å². The van der Waals surface area contributed by atoms with Gasteiger partial charge in [0.05, 0.1) is 0 Å². The van der Waals surface area contributed by atoms with Gasteiger partial charge in [-0.15, -0.1) is 0 Å². The molecule has 6 nitrogen and oxygen atoms in total. The number of benzene rings is 1. The van der Waals surface area contributed by atoms with Gasteiger partial charge in [0.2, 0.25) is 5.88 Å². The van der Waals surface area contributed by atoms with Crippen LogP contribution in [0.1, 0.15) is 11.4 Å². The maximum Gasteiger partial charge on any atom is 0.224 e. The molecule has 1 N–H and O–H groups in total. The third-order valence-electron chi connectivity index (χ3n) is 2.58. The van der Waals surface area contributed by atoms with Crippen LogP contribution in [0.3, 0.4) is 0 Å². The van der Waals surface area contributed by atoms with Crippen molar-refractivity contribution in [3.63, 3.8) is 0 Å². The normalized spacial score (nSPS) is 10.0. The molecule has 0 unspecified atom stereocenters. The summed E-state index contributed by atoms with van der Waals surface area (Å²) >= 11 is 0. The summed E-state index contributed by atoms with van der Waals surface area (Å²) in [5, 5.41) is 11.8. The van der Waals surface area contributed by atoms with Gasteiger partial charge in [0.15, 0.2) is 5.82 Å². The van der Waals surface area contributed by atoms with Crippen LogP contribution in [0.25, 0.3) is 0 Å². The van der Waals surface area contributed by atoms with Gasteiger partial charge in [-0.1, -0.05) is 6.07 Å². The molecule has 0 fully saturated rings. The minimum Gasteiger partial charge on any atom is -0.437 e. The summed E-state index contributed by atoms with van der Waals surface area (Å²) in [6, 6.07) is 7.47. The predicted molar refractivity (Wildman–Crippen MR) is 73.5 cm³/mol. The molecule has 0 aliphatic rings. The number of hydrogen-bond donors (Lipinski definition) is 1. The Hall–Kier alpha value is -2.72. The largest absolute Gasteiger partial charge is 0.437 e. The maximum absolute atomic E-state index is 13.5. The van der Waals surface area contributed by atoms with Crippen LogP contribution >= 0.6 is 0 Å². The average molecular weight is 288 g/mol. The van der Waals surface area contributed by atoms with Crippen LogP contribution in [0, 0.1) is 17.1 Å². The minimum atomic E-state index is -0.644. The average Bonchev–Trinajstić information content (AvgIpc) is 2.47. The number of nitrogens with one attached hydrogen (secondary N) is 1. The van der Waals surface area contributed by atoms with Crippen LogP contribution < -0.4 is 10.1 Å². The minimum absolute atomic E-state index is 0.0987. The van der Waals surface area contributed by atoms with E-state index in [1.165, 1.54) is 25.3 Å². The van der Waals surface area contributed by atoms with Crippen molar-refractivity contribution in [3.8, 4) is 17.7 Å². The first-order valence-electron chi connectivity index (χ1n) is 6.09. The summed E-state index contributed by atoms with van der Waals surface area (Å²) in [7, 11) is 3.22. The quantitative estimate of drug-likeness (QED) is 0.910. The van der Waals surface area contributed by atoms with Gasteiger partial charge in [-0.2, -0.15) is 10.2 Å². The number of aromatic nitrogens is 2. The molecule has 0 saturated carbocycles. The summed E-state index contributed by atoms with van der Waals surface area (Å²) in [4.78, 5) is 8.32. The molecule has 0 bridgehead atoms. The van der Waals surface area contributed by atoms with Crippen molar-refractivity contribution < 1.29 is 13.9 Å². The highest BCUT2D eigenvalue weighted by molar-refractivity contribution is 5.46. The number of nitriles is 1. The molecule has 0 saturated heterocycles. The van der Waals surface area contributed by atoms with E-state index in [1.54, 1.807) is 19.2 Å². The number of nitrogens with zero attached hydrogens (tertiary/aromatic N) is 3. The Morgan fingerprint density at radius 1 is 1.38 bits per heavy atom. The summed E-state index contributed by atoms with van der Waals surface area (Å²) in [6.07, 6.45) is 0. The SMILES string of the molecule is CNc1cc(Oc2cccc(F)c2C#N)nc(COC)n1. The van der Waals surface area contributed by atoms with Gasteiger partial charge in [-0.3, -0.25) is 0 Å². The smallest absolute Gasteiger partial charge is 0.224 e. The van der Waals surface area contributed by atoms with E-state index in [-0.39, 0.29) is 23.8 Å². The van der Waals surface area contributed by atoms with Gasteiger partial charge in [-0.05, 0) is 12.1 Å². The second-order valence-electron chi connectivity index (χ2n) is 4.02. The Morgan fingerprint density at radius 3 is 2.86 bits per heavy atom. The number of anilines is 1. The monoisotopic (exact) mass is 288 g/mol. The van der Waals surface area contributed by atoms with Crippen molar-refractivity contribution in [2.45, 2.75) is 6.61 Å². The van der Waals surface area contributed by atoms with Gasteiger partial charge in [-0.25, -0.2) is 9.37 Å². The Labute approximate surface area is 121 Å². The molecule has 1 aromatic carbocycles. The molecule has 2 aromatic rings. The number of hydrogen-bond acceptors (Lipinski definition) is 6. The third kappa shape index (κ3) is 3.43. The number of halogens is 1. The molecule has 1 aromatic heterocycles. The van der Waals surface area contributed by atoms with Crippen molar-refractivity contribution >= 4 is 5.82 Å². The molecule has 0 amide bonds. The fourth-order valence-corrected chi connectivity index (χ4v) is 1.66. The highest BCUT2D eigenvalue weighted by Crippen LogP contribution is 2.26. The van der Waals surface area contributed by atoms with Gasteiger partial charge >= 0.3 is 0 Å². The second kappa shape index (κ2) is 6.63. The van der Waals surface area contributed by atoms with Gasteiger partial charge in [0.25, 0.3) is 0 Å². The predicted octanol–water partition coefficient (Wildman–Crippen LogP) is 2.47. The first-order valence-corrected chi connectivity index (χ1v) is 6.09. The van der Waals surface area contributed by atoms with Gasteiger partial charge < -0.3 is 14.8 Å². The van der Waals surface area contributed by atoms with Crippen LogP contribution in [0.4, 0.5) is 10.2 Å². The van der Waals surface area contributed by atoms with E-state index in [0.29, 0.717) is 11.6 Å². The van der Waals surface area contributed by atoms with E-state index in [1.807, 2.05) is 0 Å². The van der Waals surface area contributed by atoms with Crippen molar-refractivity contribution in [1.82, 2.24) is 9.97 Å². The van der Waals surface area contributed by atoms with Crippen LogP contribution in [-0.2, 0) is 11.3 Å². The van der Waals surface area contributed by atoms with Crippen LogP contribution in [-0.4, -0.2) is 24.1 Å². The molecule has 0 atom stereocenters. The first kappa shape index (κ1) is 14.7. The second-order valence-corrected chi connectivity index (χ2v) is 4.02. The number of rotatable bonds is 5. The van der Waals surface area contributed by atoms with Gasteiger partial charge in [0.1, 0.15) is 35.6 Å². The zero-order chi connectivity index (χ0) is 15.2. The molecule has 0 aliphatic heterocycles. The van der Waals surface area contributed by atoms with E-state index < -0.39 is 5.82 Å². The standard InChI is InChI=1S/C14H13FN4O2/c1-17-12-6-14(19-13(18-12)8-20-2)21-11-5-3-4-10(15)9(11)7-16/h3-6H,8H2,1-2H3,(H,17,18,19). The van der Waals surface area contributed by atoms with E-state index in [0.717, 1.165) is 0 Å². The molecule has 1 heterocycles. The van der Waals surface area contributed by atoms with E-state index in [9.17, 15) is 4.39 Å². The molecule has 0 aliphatic carbocycles. The lowest BCUT2D eigenvalue weighted by molar-refractivity contribution is 0.177. The first-order chi connectivity index (χ1) is 10.2. The highest BCUT2D eigenvalue weighted by atomic mass is 19.1. The molecular formula is C14H13FN4O2. The fourth-order valence-electron chi connectivity index (χ4n) is 1.66. The summed E-state index contributed by atoms with van der Waals surface area (Å²) < 4.78 is 24.0. The van der Waals surface area contributed by atoms with Crippen molar-refractivity contribution in [1.29, 1.82) is 5.26 Å². The van der Waals surface area contributed by atoms with Crippen LogP contribution in [0.2, 0.25) is 0 Å². The number of ether oxygens (including phenoxy) is 2. The van der Waals surface area contributed by atoms with Gasteiger partial charge in [0, 0.05) is 20.2 Å². The Kier molecular flexibility index (Phi) is 4.64. The highest BCUT2D eigenvalue weighted by Gasteiger charge is 2.12. The zero-order valence-electron chi connectivity index (χ0n) is 11.6. The van der Waals surface area contributed by atoms with Crippen molar-refractivity contribution in [2.24, 2.45) is 0 Å². The Balaban J connectivity index is 2.37. The lowest BCUT2D eigenvalue weighted by Gasteiger charge is -2.10. The van der Waals surface area contributed by atoms with Crippen molar-refractivity contribution in [2.75, 3.05) is 19.5 Å².